The lowest BCUT2D eigenvalue weighted by molar-refractivity contribution is -0.148. The lowest BCUT2D eigenvalue weighted by Crippen LogP contribution is -2.35. The van der Waals surface area contributed by atoms with Crippen LogP contribution in [0.25, 0.3) is 0 Å². The fourth-order valence-electron chi connectivity index (χ4n) is 0.898. The van der Waals surface area contributed by atoms with Crippen molar-refractivity contribution in [2.45, 2.75) is 12.8 Å². The lowest BCUT2D eigenvalue weighted by Gasteiger charge is -2.07. The zero-order chi connectivity index (χ0) is 9.68. The maximum absolute atomic E-state index is 10.2. The molecule has 0 saturated heterocycles. The number of hydrogen-bond acceptors (Lipinski definition) is 3. The third-order valence-electron chi connectivity index (χ3n) is 1.58. The van der Waals surface area contributed by atoms with Crippen molar-refractivity contribution >= 4 is 5.97 Å². The molecular formula is C9H11NO3. The summed E-state index contributed by atoms with van der Waals surface area (Å²) in [5, 5.41) is 19.7. The molecule has 0 spiro atoms. The Bertz CT molecular complexity index is 273. The van der Waals surface area contributed by atoms with Crippen molar-refractivity contribution in [3.05, 3.63) is 35.9 Å². The summed E-state index contributed by atoms with van der Waals surface area (Å²) in [6.07, 6.45) is -1.50. The van der Waals surface area contributed by atoms with Gasteiger partial charge in [-0.1, -0.05) is 30.3 Å². The number of aliphatic hydroxyl groups excluding tert-OH is 1. The summed E-state index contributed by atoms with van der Waals surface area (Å²) in [5.74, 6) is -1.27. The van der Waals surface area contributed by atoms with Crippen LogP contribution >= 0.6 is 0 Å². The maximum atomic E-state index is 10.2. The quantitative estimate of drug-likeness (QED) is 0.579. The Balaban J connectivity index is 2.39. The van der Waals surface area contributed by atoms with Crippen molar-refractivity contribution < 1.29 is 15.0 Å². The standard InChI is InChI=1S/C9H11NO3/c11-8(9(12)13)10-6-7-4-2-1-3-5-7/h1-5,8,10-11H,6H2,(H,12,13). The SMILES string of the molecule is O=C(O)C(O)NCc1ccccc1. The van der Waals surface area contributed by atoms with E-state index < -0.39 is 12.2 Å². The molecule has 0 aromatic heterocycles. The molecule has 0 saturated carbocycles. The topological polar surface area (TPSA) is 69.6 Å². The summed E-state index contributed by atoms with van der Waals surface area (Å²) in [4.78, 5) is 10.2. The largest absolute Gasteiger partial charge is 0.478 e. The number of rotatable bonds is 4. The smallest absolute Gasteiger partial charge is 0.347 e. The first-order chi connectivity index (χ1) is 6.20. The van der Waals surface area contributed by atoms with Crippen LogP contribution in [0.1, 0.15) is 5.56 Å². The second kappa shape index (κ2) is 4.59. The molecule has 70 valence electrons. The zero-order valence-electron chi connectivity index (χ0n) is 6.97. The van der Waals surface area contributed by atoms with Crippen LogP contribution in [0.5, 0.6) is 0 Å². The molecule has 13 heavy (non-hydrogen) atoms. The van der Waals surface area contributed by atoms with Gasteiger partial charge in [-0.3, -0.25) is 5.32 Å². The zero-order valence-corrected chi connectivity index (χ0v) is 6.97. The number of carbonyl (C=O) groups is 1. The fourth-order valence-corrected chi connectivity index (χ4v) is 0.898. The molecule has 0 fully saturated rings. The van der Waals surface area contributed by atoms with E-state index in [1.807, 2.05) is 30.3 Å². The Morgan fingerprint density at radius 1 is 1.38 bits per heavy atom. The third-order valence-corrected chi connectivity index (χ3v) is 1.58. The first-order valence-electron chi connectivity index (χ1n) is 3.88. The summed E-state index contributed by atoms with van der Waals surface area (Å²) in [6, 6.07) is 9.27. The highest BCUT2D eigenvalue weighted by Crippen LogP contribution is 1.97. The van der Waals surface area contributed by atoms with Crippen LogP contribution in [0.4, 0.5) is 0 Å². The van der Waals surface area contributed by atoms with Gasteiger partial charge in [0.1, 0.15) is 0 Å². The van der Waals surface area contributed by atoms with Crippen molar-refractivity contribution in [1.29, 1.82) is 0 Å². The second-order valence-corrected chi connectivity index (χ2v) is 2.61. The third kappa shape index (κ3) is 3.23. The highest BCUT2D eigenvalue weighted by atomic mass is 16.4. The van der Waals surface area contributed by atoms with Gasteiger partial charge in [-0.15, -0.1) is 0 Å². The molecule has 0 heterocycles. The Hall–Kier alpha value is -1.39. The van der Waals surface area contributed by atoms with Crippen LogP contribution in [0.2, 0.25) is 0 Å². The van der Waals surface area contributed by atoms with E-state index in [1.165, 1.54) is 0 Å². The molecule has 0 aliphatic carbocycles. The number of nitrogens with one attached hydrogen (secondary N) is 1. The van der Waals surface area contributed by atoms with Gasteiger partial charge in [-0.25, -0.2) is 4.79 Å². The molecule has 1 aromatic carbocycles. The Morgan fingerprint density at radius 3 is 2.54 bits per heavy atom. The first-order valence-corrected chi connectivity index (χ1v) is 3.88. The van der Waals surface area contributed by atoms with Crippen molar-refractivity contribution in [1.82, 2.24) is 5.32 Å². The molecule has 4 heteroatoms. The molecular weight excluding hydrogens is 170 g/mol. The van der Waals surface area contributed by atoms with Gasteiger partial charge in [-0.05, 0) is 5.56 Å². The fraction of sp³-hybridized carbons (Fsp3) is 0.222. The van der Waals surface area contributed by atoms with Gasteiger partial charge in [0.05, 0.1) is 0 Å². The van der Waals surface area contributed by atoms with Gasteiger partial charge < -0.3 is 10.2 Å². The van der Waals surface area contributed by atoms with E-state index in [4.69, 9.17) is 10.2 Å². The van der Waals surface area contributed by atoms with Crippen LogP contribution in [0, 0.1) is 0 Å². The van der Waals surface area contributed by atoms with E-state index in [-0.39, 0.29) is 0 Å². The Morgan fingerprint density at radius 2 is 2.00 bits per heavy atom. The van der Waals surface area contributed by atoms with Crippen molar-refractivity contribution in [2.24, 2.45) is 0 Å². The van der Waals surface area contributed by atoms with Gasteiger partial charge in [0.25, 0.3) is 0 Å². The number of carboxylic acids is 1. The van der Waals surface area contributed by atoms with Crippen LogP contribution in [-0.2, 0) is 11.3 Å². The number of aliphatic hydroxyl groups is 1. The number of benzene rings is 1. The van der Waals surface area contributed by atoms with Gasteiger partial charge >= 0.3 is 5.97 Å². The van der Waals surface area contributed by atoms with Crippen molar-refractivity contribution in [2.75, 3.05) is 0 Å². The summed E-state index contributed by atoms with van der Waals surface area (Å²) < 4.78 is 0. The van der Waals surface area contributed by atoms with Crippen molar-refractivity contribution in [3.63, 3.8) is 0 Å². The predicted octanol–water partition coefficient (Wildman–Crippen LogP) is 0.179. The monoisotopic (exact) mass is 181 g/mol. The molecule has 1 atom stereocenters. The summed E-state index contributed by atoms with van der Waals surface area (Å²) in [5.41, 5.74) is 0.933. The van der Waals surface area contributed by atoms with Crippen LogP contribution in [-0.4, -0.2) is 22.4 Å². The van der Waals surface area contributed by atoms with E-state index >= 15 is 0 Å². The van der Waals surface area contributed by atoms with Gasteiger partial charge in [0.2, 0.25) is 6.23 Å². The molecule has 3 N–H and O–H groups in total. The molecule has 1 aromatic rings. The molecule has 1 rings (SSSR count). The summed E-state index contributed by atoms with van der Waals surface area (Å²) in [7, 11) is 0. The van der Waals surface area contributed by atoms with Gasteiger partial charge in [0.15, 0.2) is 0 Å². The van der Waals surface area contributed by atoms with Crippen LogP contribution in [0.15, 0.2) is 30.3 Å². The maximum Gasteiger partial charge on any atom is 0.347 e. The first kappa shape index (κ1) is 9.70. The summed E-state index contributed by atoms with van der Waals surface area (Å²) in [6.45, 7) is 0.342. The second-order valence-electron chi connectivity index (χ2n) is 2.61. The highest BCUT2D eigenvalue weighted by Gasteiger charge is 2.10. The van der Waals surface area contributed by atoms with Gasteiger partial charge in [-0.2, -0.15) is 0 Å². The van der Waals surface area contributed by atoms with E-state index in [1.54, 1.807) is 0 Å². The number of carboxylic acid groups (broad SMARTS) is 1. The van der Waals surface area contributed by atoms with Gasteiger partial charge in [0, 0.05) is 6.54 Å². The molecule has 0 radical (unpaired) electrons. The average Bonchev–Trinajstić information content (AvgIpc) is 2.15. The normalized spacial score (nSPS) is 12.4. The minimum atomic E-state index is -1.50. The molecule has 0 aliphatic rings. The lowest BCUT2D eigenvalue weighted by atomic mass is 10.2. The molecule has 0 aliphatic heterocycles. The molecule has 0 amide bonds. The summed E-state index contributed by atoms with van der Waals surface area (Å²) >= 11 is 0. The Kier molecular flexibility index (Phi) is 3.42. The van der Waals surface area contributed by atoms with E-state index in [0.717, 1.165) is 5.56 Å². The Labute approximate surface area is 75.8 Å². The average molecular weight is 181 g/mol. The van der Waals surface area contributed by atoms with E-state index in [2.05, 4.69) is 5.32 Å². The molecule has 1 unspecified atom stereocenters. The van der Waals surface area contributed by atoms with E-state index in [9.17, 15) is 4.79 Å². The van der Waals surface area contributed by atoms with Crippen molar-refractivity contribution in [3.8, 4) is 0 Å². The van der Waals surface area contributed by atoms with Crippen LogP contribution in [0.3, 0.4) is 0 Å². The predicted molar refractivity (Wildman–Crippen MR) is 46.9 cm³/mol. The minimum Gasteiger partial charge on any atom is -0.478 e. The number of aliphatic carboxylic acids is 1. The minimum absolute atomic E-state index is 0.342. The molecule has 0 bridgehead atoms. The van der Waals surface area contributed by atoms with Crippen LogP contribution < -0.4 is 5.32 Å². The van der Waals surface area contributed by atoms with E-state index in [0.29, 0.717) is 6.54 Å². The highest BCUT2D eigenvalue weighted by molar-refractivity contribution is 5.71. The molecule has 4 nitrogen and oxygen atoms in total. The number of hydrogen-bond donors (Lipinski definition) is 3.